The highest BCUT2D eigenvalue weighted by atomic mass is 31.1. The Labute approximate surface area is 62.7 Å². The van der Waals surface area contributed by atoms with Crippen LogP contribution in [0.4, 0.5) is 0 Å². The first-order chi connectivity index (χ1) is 4.52. The largest absolute Gasteiger partial charge is 0.697 e. The van der Waals surface area contributed by atoms with Crippen LogP contribution < -0.4 is 0 Å². The highest BCUT2D eigenvalue weighted by molar-refractivity contribution is 7.33. The zero-order valence-electron chi connectivity index (χ0n) is 6.83. The van der Waals surface area contributed by atoms with Crippen molar-refractivity contribution in [1.29, 1.82) is 0 Å². The van der Waals surface area contributed by atoms with E-state index in [-0.39, 0.29) is 12.2 Å². The van der Waals surface area contributed by atoms with Crippen LogP contribution in [-0.4, -0.2) is 12.2 Å². The fourth-order valence-corrected chi connectivity index (χ4v) is 1.11. The molecular formula is C6H14O3P+. The summed E-state index contributed by atoms with van der Waals surface area (Å²) in [6.45, 7) is 7.27. The second-order valence-corrected chi connectivity index (χ2v) is 3.40. The monoisotopic (exact) mass is 165 g/mol. The Morgan fingerprint density at radius 2 is 1.30 bits per heavy atom. The topological polar surface area (TPSA) is 35.5 Å². The first-order valence-corrected chi connectivity index (χ1v) is 4.42. The normalized spacial score (nSPS) is 11.0. The molecule has 0 amide bonds. The van der Waals surface area contributed by atoms with Crippen LogP contribution in [0.25, 0.3) is 0 Å². The quantitative estimate of drug-likeness (QED) is 0.600. The van der Waals surface area contributed by atoms with Gasteiger partial charge in [-0.15, -0.1) is 9.05 Å². The Bertz CT molecular complexity index is 99.6. The Morgan fingerprint density at radius 3 is 1.50 bits per heavy atom. The summed E-state index contributed by atoms with van der Waals surface area (Å²) in [4.78, 5) is 0. The van der Waals surface area contributed by atoms with Gasteiger partial charge in [-0.05, 0) is 27.7 Å². The fourth-order valence-electron chi connectivity index (χ4n) is 0.369. The van der Waals surface area contributed by atoms with E-state index in [1.165, 1.54) is 0 Å². The van der Waals surface area contributed by atoms with E-state index >= 15 is 0 Å². The molecule has 0 aliphatic carbocycles. The first-order valence-electron chi connectivity index (χ1n) is 3.33. The molecule has 3 nitrogen and oxygen atoms in total. The molecule has 4 heteroatoms. The number of hydrogen-bond acceptors (Lipinski definition) is 3. The van der Waals surface area contributed by atoms with Gasteiger partial charge in [0.15, 0.2) is 0 Å². The van der Waals surface area contributed by atoms with Gasteiger partial charge in [0.1, 0.15) is 12.2 Å². The van der Waals surface area contributed by atoms with E-state index in [0.29, 0.717) is 0 Å². The van der Waals surface area contributed by atoms with E-state index in [2.05, 4.69) is 0 Å². The molecule has 0 spiro atoms. The van der Waals surface area contributed by atoms with Crippen LogP contribution in [0, 0.1) is 0 Å². The maximum absolute atomic E-state index is 10.8. The molecular weight excluding hydrogens is 151 g/mol. The molecule has 0 atom stereocenters. The van der Waals surface area contributed by atoms with Gasteiger partial charge >= 0.3 is 8.25 Å². The second kappa shape index (κ2) is 4.78. The molecule has 10 heavy (non-hydrogen) atoms. The summed E-state index contributed by atoms with van der Waals surface area (Å²) in [5, 5.41) is 0. The van der Waals surface area contributed by atoms with E-state index in [1.54, 1.807) is 0 Å². The van der Waals surface area contributed by atoms with Crippen molar-refractivity contribution in [2.45, 2.75) is 39.9 Å². The predicted octanol–water partition coefficient (Wildman–Crippen LogP) is 2.49. The van der Waals surface area contributed by atoms with Crippen molar-refractivity contribution in [3.05, 3.63) is 0 Å². The molecule has 0 radical (unpaired) electrons. The first kappa shape index (κ1) is 10.0. The number of rotatable bonds is 4. The average Bonchev–Trinajstić information content (AvgIpc) is 1.58. The van der Waals surface area contributed by atoms with Crippen LogP contribution in [0.15, 0.2) is 0 Å². The summed E-state index contributed by atoms with van der Waals surface area (Å²) in [7, 11) is -1.91. The molecule has 0 heterocycles. The summed E-state index contributed by atoms with van der Waals surface area (Å²) in [6, 6.07) is 0. The molecule has 0 aromatic carbocycles. The van der Waals surface area contributed by atoms with Crippen LogP contribution >= 0.6 is 8.25 Å². The molecule has 0 N–H and O–H groups in total. The van der Waals surface area contributed by atoms with Gasteiger partial charge in [-0.1, -0.05) is 0 Å². The zero-order chi connectivity index (χ0) is 8.15. The van der Waals surface area contributed by atoms with Crippen LogP contribution in [0.2, 0.25) is 0 Å². The van der Waals surface area contributed by atoms with Crippen LogP contribution in [0.3, 0.4) is 0 Å². The van der Waals surface area contributed by atoms with E-state index in [0.717, 1.165) is 0 Å². The third-order valence-electron chi connectivity index (χ3n) is 0.594. The lowest BCUT2D eigenvalue weighted by atomic mass is 10.5. The van der Waals surface area contributed by atoms with Crippen molar-refractivity contribution in [3.8, 4) is 0 Å². The second-order valence-electron chi connectivity index (χ2n) is 2.53. The summed E-state index contributed by atoms with van der Waals surface area (Å²) >= 11 is 0. The lowest BCUT2D eigenvalue weighted by molar-refractivity contribution is 0.161. The fraction of sp³-hybridized carbons (Fsp3) is 1.00. The Morgan fingerprint density at radius 1 is 1.00 bits per heavy atom. The lowest BCUT2D eigenvalue weighted by Gasteiger charge is -1.94. The lowest BCUT2D eigenvalue weighted by Crippen LogP contribution is -2.00. The van der Waals surface area contributed by atoms with Crippen LogP contribution in [0.5, 0.6) is 0 Å². The van der Waals surface area contributed by atoms with Gasteiger partial charge in [0.2, 0.25) is 0 Å². The minimum absolute atomic E-state index is 0.0395. The maximum atomic E-state index is 10.8. The highest BCUT2D eigenvalue weighted by Crippen LogP contribution is 2.27. The van der Waals surface area contributed by atoms with Crippen molar-refractivity contribution in [3.63, 3.8) is 0 Å². The molecule has 0 bridgehead atoms. The highest BCUT2D eigenvalue weighted by Gasteiger charge is 2.23. The van der Waals surface area contributed by atoms with Crippen molar-refractivity contribution >= 4 is 8.25 Å². The average molecular weight is 165 g/mol. The maximum Gasteiger partial charge on any atom is 0.697 e. The van der Waals surface area contributed by atoms with E-state index in [4.69, 9.17) is 9.05 Å². The SMILES string of the molecule is CC(C)O[P+](=O)OC(C)C. The van der Waals surface area contributed by atoms with Gasteiger partial charge in [-0.2, -0.15) is 0 Å². The summed E-state index contributed by atoms with van der Waals surface area (Å²) in [6.07, 6.45) is -0.0790. The smallest absolute Gasteiger partial charge is 0.116 e. The molecule has 0 aliphatic heterocycles. The van der Waals surface area contributed by atoms with Gasteiger partial charge in [0, 0.05) is 4.57 Å². The Hall–Kier alpha value is 0.0200. The standard InChI is InChI=1S/C6H14O3P/c1-5(2)8-10(7)9-6(3)4/h5-6H,1-4H3/q+1. The molecule has 0 rings (SSSR count). The van der Waals surface area contributed by atoms with Gasteiger partial charge in [0.05, 0.1) is 0 Å². The van der Waals surface area contributed by atoms with Crippen molar-refractivity contribution < 1.29 is 13.6 Å². The van der Waals surface area contributed by atoms with Crippen molar-refractivity contribution in [1.82, 2.24) is 0 Å². The molecule has 0 saturated heterocycles. The molecule has 0 fully saturated rings. The summed E-state index contributed by atoms with van der Waals surface area (Å²) < 4.78 is 20.5. The van der Waals surface area contributed by atoms with Crippen molar-refractivity contribution in [2.24, 2.45) is 0 Å². The molecule has 0 saturated carbocycles. The van der Waals surface area contributed by atoms with Gasteiger partial charge in [0.25, 0.3) is 0 Å². The van der Waals surface area contributed by atoms with Crippen molar-refractivity contribution in [2.75, 3.05) is 0 Å². The van der Waals surface area contributed by atoms with E-state index in [9.17, 15) is 4.57 Å². The minimum Gasteiger partial charge on any atom is -0.116 e. The van der Waals surface area contributed by atoms with Crippen LogP contribution in [0.1, 0.15) is 27.7 Å². The van der Waals surface area contributed by atoms with Gasteiger partial charge < -0.3 is 0 Å². The third-order valence-corrected chi connectivity index (χ3v) is 1.78. The minimum atomic E-state index is -1.91. The van der Waals surface area contributed by atoms with Crippen LogP contribution in [-0.2, 0) is 13.6 Å². The summed E-state index contributed by atoms with van der Waals surface area (Å²) in [5.74, 6) is 0. The Balaban J connectivity index is 3.44. The molecule has 60 valence electrons. The zero-order valence-corrected chi connectivity index (χ0v) is 7.72. The molecule has 0 aromatic rings. The molecule has 0 unspecified atom stereocenters. The molecule has 0 aliphatic rings. The van der Waals surface area contributed by atoms with E-state index < -0.39 is 8.25 Å². The van der Waals surface area contributed by atoms with Gasteiger partial charge in [-0.3, -0.25) is 0 Å². The number of hydrogen-bond donors (Lipinski definition) is 0. The predicted molar refractivity (Wildman–Crippen MR) is 40.0 cm³/mol. The van der Waals surface area contributed by atoms with Gasteiger partial charge in [-0.25, -0.2) is 0 Å². The Kier molecular flexibility index (Phi) is 4.79. The molecule has 0 aromatic heterocycles. The summed E-state index contributed by atoms with van der Waals surface area (Å²) in [5.41, 5.74) is 0. The van der Waals surface area contributed by atoms with E-state index in [1.807, 2.05) is 27.7 Å². The third kappa shape index (κ3) is 6.14.